The predicted molar refractivity (Wildman–Crippen MR) is 134 cm³/mol. The fourth-order valence-electron chi connectivity index (χ4n) is 4.99. The molecule has 0 spiro atoms. The number of carbonyl (C=O) groups is 1. The molecule has 2 aromatic rings. The number of nitrogen functional groups attached to an aromatic ring is 1. The van der Waals surface area contributed by atoms with Crippen LogP contribution in [0.15, 0.2) is 24.3 Å². The maximum atomic E-state index is 12.9. The van der Waals surface area contributed by atoms with Crippen LogP contribution in [0.3, 0.4) is 0 Å². The highest BCUT2D eigenvalue weighted by Gasteiger charge is 2.25. The molecule has 1 aromatic carbocycles. The number of hydrogen-bond donors (Lipinski definition) is 2. The Balaban J connectivity index is 0.00000259. The summed E-state index contributed by atoms with van der Waals surface area (Å²) >= 11 is 0. The number of likely N-dealkylation sites (N-methyl/N-ethyl adjacent to an activating group) is 1. The number of halogens is 1. The van der Waals surface area contributed by atoms with E-state index in [0.29, 0.717) is 24.8 Å². The van der Waals surface area contributed by atoms with E-state index in [1.807, 2.05) is 11.0 Å². The number of nitrogens with one attached hydrogen (secondary N) is 1. The van der Waals surface area contributed by atoms with Crippen molar-refractivity contribution in [3.63, 3.8) is 0 Å². The minimum atomic E-state index is 0. The van der Waals surface area contributed by atoms with Gasteiger partial charge < -0.3 is 25.8 Å². The lowest BCUT2D eigenvalue weighted by Gasteiger charge is -2.33. The van der Waals surface area contributed by atoms with Gasteiger partial charge in [0.1, 0.15) is 5.82 Å². The Bertz CT molecular complexity index is 987. The highest BCUT2D eigenvalue weighted by molar-refractivity contribution is 5.85. The van der Waals surface area contributed by atoms with Crippen LogP contribution >= 0.6 is 12.4 Å². The minimum absolute atomic E-state index is 0. The van der Waals surface area contributed by atoms with Gasteiger partial charge in [0.25, 0.3) is 0 Å². The first-order valence-corrected chi connectivity index (χ1v) is 11.7. The molecule has 0 bridgehead atoms. The van der Waals surface area contributed by atoms with Crippen molar-refractivity contribution in [1.82, 2.24) is 25.1 Å². The van der Waals surface area contributed by atoms with E-state index >= 15 is 0 Å². The molecule has 8 nitrogen and oxygen atoms in total. The van der Waals surface area contributed by atoms with Crippen molar-refractivity contribution in [3.8, 4) is 11.3 Å². The lowest BCUT2D eigenvalue weighted by atomic mass is 9.95. The van der Waals surface area contributed by atoms with Crippen molar-refractivity contribution >= 4 is 30.1 Å². The van der Waals surface area contributed by atoms with Gasteiger partial charge >= 0.3 is 0 Å². The highest BCUT2D eigenvalue weighted by atomic mass is 35.5. The molecular weight excluding hydrogens is 438 g/mol. The van der Waals surface area contributed by atoms with Gasteiger partial charge in [-0.15, -0.1) is 12.4 Å². The van der Waals surface area contributed by atoms with E-state index in [0.717, 1.165) is 75.7 Å². The number of piperazine rings is 1. The summed E-state index contributed by atoms with van der Waals surface area (Å²) in [5, 5.41) is 3.36. The Morgan fingerprint density at radius 1 is 1.12 bits per heavy atom. The Morgan fingerprint density at radius 2 is 1.94 bits per heavy atom. The van der Waals surface area contributed by atoms with Crippen molar-refractivity contribution in [2.75, 3.05) is 63.5 Å². The topological polar surface area (TPSA) is 90.6 Å². The number of benzene rings is 1. The molecule has 1 amide bonds. The number of nitrogens with two attached hydrogens (primary N) is 1. The summed E-state index contributed by atoms with van der Waals surface area (Å²) < 4.78 is 0. The van der Waals surface area contributed by atoms with Crippen LogP contribution in [0.1, 0.15) is 24.0 Å². The Morgan fingerprint density at radius 3 is 2.70 bits per heavy atom. The molecule has 33 heavy (non-hydrogen) atoms. The van der Waals surface area contributed by atoms with Crippen molar-refractivity contribution in [3.05, 3.63) is 35.4 Å². The molecule has 0 radical (unpaired) electrons. The van der Waals surface area contributed by atoms with Gasteiger partial charge in [-0.2, -0.15) is 4.98 Å². The number of carbonyl (C=O) groups excluding carboxylic acids is 1. The fourth-order valence-corrected chi connectivity index (χ4v) is 4.99. The van der Waals surface area contributed by atoms with Gasteiger partial charge in [0, 0.05) is 57.3 Å². The molecule has 2 fully saturated rings. The number of rotatable bonds is 4. The van der Waals surface area contributed by atoms with Crippen LogP contribution in [-0.4, -0.2) is 78.5 Å². The first-order valence-electron chi connectivity index (χ1n) is 11.7. The first-order chi connectivity index (χ1) is 15.5. The van der Waals surface area contributed by atoms with Gasteiger partial charge in [0.15, 0.2) is 0 Å². The third kappa shape index (κ3) is 5.39. The van der Waals surface area contributed by atoms with Crippen LogP contribution in [0, 0.1) is 5.92 Å². The van der Waals surface area contributed by atoms with Crippen molar-refractivity contribution < 1.29 is 4.79 Å². The largest absolute Gasteiger partial charge is 0.368 e. The zero-order valence-corrected chi connectivity index (χ0v) is 20.1. The molecule has 1 aromatic heterocycles. The average molecular weight is 472 g/mol. The van der Waals surface area contributed by atoms with Crippen LogP contribution < -0.4 is 16.0 Å². The highest BCUT2D eigenvalue weighted by Crippen LogP contribution is 2.29. The van der Waals surface area contributed by atoms with Crippen molar-refractivity contribution in [1.29, 1.82) is 0 Å². The summed E-state index contributed by atoms with van der Waals surface area (Å²) in [6, 6.07) is 8.53. The summed E-state index contributed by atoms with van der Waals surface area (Å²) in [5.41, 5.74) is 10.5. The predicted octanol–water partition coefficient (Wildman–Crippen LogP) is 1.78. The molecule has 0 aliphatic carbocycles. The van der Waals surface area contributed by atoms with Crippen LogP contribution in [0.25, 0.3) is 11.3 Å². The second kappa shape index (κ2) is 10.2. The van der Waals surface area contributed by atoms with Crippen LogP contribution in [0.4, 0.5) is 11.8 Å². The average Bonchev–Trinajstić information content (AvgIpc) is 3.31. The van der Waals surface area contributed by atoms with Crippen LogP contribution in [0.2, 0.25) is 0 Å². The standard InChI is InChI=1S/C24H33N7O.ClH/c1-29-8-10-30(11-9-29)22-14-21(27-24(25)28-22)19-3-2-18-5-7-31(16-20(18)13-19)23(32)12-17-4-6-26-15-17;/h2-3,13-14,17,26H,4-12,15-16H2,1H3,(H2,25,27,28);1H. The third-order valence-corrected chi connectivity index (χ3v) is 7.05. The number of amides is 1. The zero-order valence-electron chi connectivity index (χ0n) is 19.3. The molecule has 3 N–H and O–H groups in total. The minimum Gasteiger partial charge on any atom is -0.368 e. The third-order valence-electron chi connectivity index (χ3n) is 7.05. The summed E-state index contributed by atoms with van der Waals surface area (Å²) in [6.45, 7) is 7.37. The van der Waals surface area contributed by atoms with E-state index in [4.69, 9.17) is 5.73 Å². The monoisotopic (exact) mass is 471 g/mol. The van der Waals surface area contributed by atoms with E-state index in [1.165, 1.54) is 11.1 Å². The molecule has 4 heterocycles. The van der Waals surface area contributed by atoms with E-state index in [2.05, 4.69) is 50.3 Å². The number of fused-ring (bicyclic) bond motifs is 1. The molecule has 5 rings (SSSR count). The molecule has 2 saturated heterocycles. The fraction of sp³-hybridized carbons (Fsp3) is 0.542. The second-order valence-corrected chi connectivity index (χ2v) is 9.37. The van der Waals surface area contributed by atoms with Crippen molar-refractivity contribution in [2.24, 2.45) is 5.92 Å². The number of aromatic nitrogens is 2. The summed E-state index contributed by atoms with van der Waals surface area (Å²) in [7, 11) is 2.14. The Labute approximate surface area is 202 Å². The van der Waals surface area contributed by atoms with Gasteiger partial charge in [-0.1, -0.05) is 12.1 Å². The molecular formula is C24H34ClN7O. The molecule has 178 valence electrons. The lowest BCUT2D eigenvalue weighted by molar-refractivity contribution is -0.133. The molecule has 0 saturated carbocycles. The van der Waals surface area contributed by atoms with Gasteiger partial charge in [-0.05, 0) is 56.1 Å². The Hall–Kier alpha value is -2.42. The normalized spacial score (nSPS) is 20.9. The lowest BCUT2D eigenvalue weighted by Crippen LogP contribution is -2.44. The van der Waals surface area contributed by atoms with Crippen LogP contribution in [0.5, 0.6) is 0 Å². The molecule has 9 heteroatoms. The SMILES string of the molecule is CN1CCN(c2cc(-c3ccc4c(c3)CN(C(=O)CC3CCNC3)CC4)nc(N)n2)CC1.Cl. The number of anilines is 2. The summed E-state index contributed by atoms with van der Waals surface area (Å²) in [6.07, 6.45) is 2.66. The zero-order chi connectivity index (χ0) is 22.1. The quantitative estimate of drug-likeness (QED) is 0.702. The maximum Gasteiger partial charge on any atom is 0.223 e. The molecule has 1 unspecified atom stereocenters. The molecule has 3 aliphatic rings. The number of hydrogen-bond acceptors (Lipinski definition) is 7. The molecule has 3 aliphatic heterocycles. The summed E-state index contributed by atoms with van der Waals surface area (Å²) in [4.78, 5) is 28.5. The first kappa shape index (κ1) is 23.7. The second-order valence-electron chi connectivity index (χ2n) is 9.37. The summed E-state index contributed by atoms with van der Waals surface area (Å²) in [5.74, 6) is 1.95. The van der Waals surface area contributed by atoms with Gasteiger partial charge in [-0.3, -0.25) is 4.79 Å². The van der Waals surface area contributed by atoms with Crippen LogP contribution in [-0.2, 0) is 17.8 Å². The van der Waals surface area contributed by atoms with Crippen molar-refractivity contribution in [2.45, 2.75) is 25.8 Å². The van der Waals surface area contributed by atoms with E-state index in [-0.39, 0.29) is 18.3 Å². The maximum absolute atomic E-state index is 12.9. The van der Waals surface area contributed by atoms with E-state index in [1.54, 1.807) is 0 Å². The van der Waals surface area contributed by atoms with Gasteiger partial charge in [-0.25, -0.2) is 4.98 Å². The molecule has 1 atom stereocenters. The Kier molecular flexibility index (Phi) is 7.36. The van der Waals surface area contributed by atoms with Gasteiger partial charge in [0.2, 0.25) is 11.9 Å². The van der Waals surface area contributed by atoms with E-state index < -0.39 is 0 Å². The number of nitrogens with zero attached hydrogens (tertiary/aromatic N) is 5. The van der Waals surface area contributed by atoms with E-state index in [9.17, 15) is 4.79 Å². The van der Waals surface area contributed by atoms with Gasteiger partial charge in [0.05, 0.1) is 5.69 Å². The smallest absolute Gasteiger partial charge is 0.223 e.